The first-order valence-corrected chi connectivity index (χ1v) is 14.3. The van der Waals surface area contributed by atoms with Crippen LogP contribution in [0.25, 0.3) is 22.3 Å². The number of nitrogens with one attached hydrogen (secondary N) is 3. The standard InChI is InChI=1S/C31H32BrN5O4/c1-31(2,3)41-30(40)36-27(20-8-5-4-6-9-20)29(39)37-17-7-10-25(37)28(38)33-21-13-11-19(12-14-21)23-18-24-22(34-23)15-16-26(32)35-24/h4-6,8-9,11-16,18,25,27,34H,7,10,17H2,1-3H3,(H,33,38)(H,36,40)/t25-,27-/m0/s1. The number of pyridine rings is 1. The zero-order chi connectivity index (χ0) is 29.1. The number of fused-ring (bicyclic) bond motifs is 1. The fraction of sp³-hybridized carbons (Fsp3) is 0.290. The van der Waals surface area contributed by atoms with Crippen molar-refractivity contribution in [2.24, 2.45) is 0 Å². The summed E-state index contributed by atoms with van der Waals surface area (Å²) in [6.07, 6.45) is 0.515. The van der Waals surface area contributed by atoms with Crippen LogP contribution >= 0.6 is 15.9 Å². The molecule has 212 valence electrons. The van der Waals surface area contributed by atoms with E-state index in [0.29, 0.717) is 30.6 Å². The number of ether oxygens (including phenoxy) is 1. The van der Waals surface area contributed by atoms with E-state index in [9.17, 15) is 14.4 Å². The molecule has 0 unspecified atom stereocenters. The number of anilines is 1. The third-order valence-corrected chi connectivity index (χ3v) is 7.23. The second-order valence-electron chi connectivity index (χ2n) is 11.0. The number of nitrogens with zero attached hydrogens (tertiary/aromatic N) is 2. The second-order valence-corrected chi connectivity index (χ2v) is 11.8. The van der Waals surface area contributed by atoms with Crippen LogP contribution in [-0.2, 0) is 14.3 Å². The molecule has 10 heteroatoms. The first kappa shape index (κ1) is 28.4. The fourth-order valence-corrected chi connectivity index (χ4v) is 5.25. The van der Waals surface area contributed by atoms with E-state index in [1.165, 1.54) is 0 Å². The number of rotatable bonds is 6. The molecule has 1 aliphatic rings. The molecular formula is C31H32BrN5O4. The Morgan fingerprint density at radius 2 is 1.78 bits per heavy atom. The minimum absolute atomic E-state index is 0.271. The van der Waals surface area contributed by atoms with Gasteiger partial charge in [-0.15, -0.1) is 0 Å². The normalized spacial score (nSPS) is 15.9. The lowest BCUT2D eigenvalue weighted by Crippen LogP contribution is -2.49. The summed E-state index contributed by atoms with van der Waals surface area (Å²) in [5.41, 5.74) is 4.18. The number of carbonyl (C=O) groups is 3. The van der Waals surface area contributed by atoms with Crippen molar-refractivity contribution in [2.75, 3.05) is 11.9 Å². The number of aromatic nitrogens is 2. The van der Waals surface area contributed by atoms with Crippen molar-refractivity contribution in [3.8, 4) is 11.3 Å². The van der Waals surface area contributed by atoms with Crippen LogP contribution < -0.4 is 10.6 Å². The topological polar surface area (TPSA) is 116 Å². The summed E-state index contributed by atoms with van der Waals surface area (Å²) in [5.74, 6) is -0.624. The van der Waals surface area contributed by atoms with Crippen LogP contribution in [0.2, 0.25) is 0 Å². The Balaban J connectivity index is 1.29. The Morgan fingerprint density at radius 3 is 2.49 bits per heavy atom. The first-order valence-electron chi connectivity index (χ1n) is 13.5. The zero-order valence-corrected chi connectivity index (χ0v) is 24.7. The number of amides is 3. The molecule has 1 saturated heterocycles. The highest BCUT2D eigenvalue weighted by Gasteiger charge is 2.38. The van der Waals surface area contributed by atoms with Gasteiger partial charge in [-0.25, -0.2) is 9.78 Å². The molecule has 3 amide bonds. The van der Waals surface area contributed by atoms with Gasteiger partial charge in [-0.3, -0.25) is 9.59 Å². The number of aromatic amines is 1. The summed E-state index contributed by atoms with van der Waals surface area (Å²) in [6, 6.07) is 20.7. The van der Waals surface area contributed by atoms with Crippen molar-refractivity contribution < 1.29 is 19.1 Å². The summed E-state index contributed by atoms with van der Waals surface area (Å²) in [6.45, 7) is 5.70. The number of halogens is 1. The van der Waals surface area contributed by atoms with E-state index >= 15 is 0 Å². The lowest BCUT2D eigenvalue weighted by Gasteiger charge is -2.29. The largest absolute Gasteiger partial charge is 0.444 e. The molecule has 0 bridgehead atoms. The van der Waals surface area contributed by atoms with Crippen molar-refractivity contribution in [1.29, 1.82) is 0 Å². The van der Waals surface area contributed by atoms with E-state index < -0.39 is 23.8 Å². The van der Waals surface area contributed by atoms with Gasteiger partial charge >= 0.3 is 6.09 Å². The van der Waals surface area contributed by atoms with Crippen LogP contribution in [0.3, 0.4) is 0 Å². The summed E-state index contributed by atoms with van der Waals surface area (Å²) >= 11 is 3.40. The number of carbonyl (C=O) groups excluding carboxylic acids is 3. The third kappa shape index (κ3) is 6.77. The van der Waals surface area contributed by atoms with Crippen molar-refractivity contribution in [2.45, 2.75) is 51.3 Å². The van der Waals surface area contributed by atoms with Crippen molar-refractivity contribution >= 4 is 50.6 Å². The molecule has 0 spiro atoms. The molecule has 0 radical (unpaired) electrons. The highest BCUT2D eigenvalue weighted by atomic mass is 79.9. The maximum Gasteiger partial charge on any atom is 0.408 e. The number of alkyl carbamates (subject to hydrolysis) is 1. The smallest absolute Gasteiger partial charge is 0.408 e. The molecule has 3 heterocycles. The number of hydrogen-bond donors (Lipinski definition) is 3. The monoisotopic (exact) mass is 617 g/mol. The lowest BCUT2D eigenvalue weighted by atomic mass is 10.0. The average molecular weight is 619 g/mol. The Morgan fingerprint density at radius 1 is 1.05 bits per heavy atom. The van der Waals surface area contributed by atoms with Crippen LogP contribution in [0.4, 0.5) is 10.5 Å². The van der Waals surface area contributed by atoms with Gasteiger partial charge in [-0.2, -0.15) is 0 Å². The highest BCUT2D eigenvalue weighted by Crippen LogP contribution is 2.28. The Bertz CT molecular complexity index is 1560. The molecule has 0 aliphatic carbocycles. The van der Waals surface area contributed by atoms with Crippen molar-refractivity contribution in [3.05, 3.63) is 83.0 Å². The van der Waals surface area contributed by atoms with Gasteiger partial charge in [0.1, 0.15) is 22.3 Å². The maximum atomic E-state index is 13.8. The average Bonchev–Trinajstić information content (AvgIpc) is 3.59. The molecule has 5 rings (SSSR count). The van der Waals surface area contributed by atoms with Gasteiger partial charge < -0.3 is 25.3 Å². The minimum atomic E-state index is -0.981. The van der Waals surface area contributed by atoms with Crippen LogP contribution in [0, 0.1) is 0 Å². The maximum absolute atomic E-state index is 13.8. The predicted octanol–water partition coefficient (Wildman–Crippen LogP) is 6.19. The van der Waals surface area contributed by atoms with E-state index in [1.54, 1.807) is 49.9 Å². The molecular weight excluding hydrogens is 586 g/mol. The molecule has 0 saturated carbocycles. The molecule has 1 fully saturated rings. The van der Waals surface area contributed by atoms with E-state index in [2.05, 4.69) is 36.5 Å². The van der Waals surface area contributed by atoms with Crippen molar-refractivity contribution in [3.63, 3.8) is 0 Å². The van der Waals surface area contributed by atoms with E-state index in [4.69, 9.17) is 4.74 Å². The molecule has 41 heavy (non-hydrogen) atoms. The number of likely N-dealkylation sites (tertiary alicyclic amines) is 1. The number of hydrogen-bond acceptors (Lipinski definition) is 5. The lowest BCUT2D eigenvalue weighted by molar-refractivity contribution is -0.138. The van der Waals surface area contributed by atoms with Gasteiger partial charge in [0.2, 0.25) is 5.91 Å². The Labute approximate surface area is 246 Å². The summed E-state index contributed by atoms with van der Waals surface area (Å²) < 4.78 is 6.18. The SMILES string of the molecule is CC(C)(C)OC(=O)N[C@H](C(=O)N1CCC[C@H]1C(=O)Nc1ccc(-c2cc3nc(Br)ccc3[nH]2)cc1)c1ccccc1. The van der Waals surface area contributed by atoms with Crippen LogP contribution in [-0.4, -0.2) is 51.0 Å². The zero-order valence-electron chi connectivity index (χ0n) is 23.1. The first-order chi connectivity index (χ1) is 19.6. The van der Waals surface area contributed by atoms with Gasteiger partial charge in [-0.05, 0) is 91.0 Å². The fourth-order valence-electron chi connectivity index (χ4n) is 4.93. The molecule has 1 aliphatic heterocycles. The summed E-state index contributed by atoms with van der Waals surface area (Å²) in [7, 11) is 0. The van der Waals surface area contributed by atoms with Gasteiger partial charge in [0.15, 0.2) is 0 Å². The predicted molar refractivity (Wildman–Crippen MR) is 161 cm³/mol. The number of benzene rings is 2. The quantitative estimate of drug-likeness (QED) is 0.223. The molecule has 2 aromatic heterocycles. The minimum Gasteiger partial charge on any atom is -0.444 e. The van der Waals surface area contributed by atoms with E-state index in [-0.39, 0.29) is 11.8 Å². The molecule has 3 N–H and O–H groups in total. The van der Waals surface area contributed by atoms with E-state index in [1.807, 2.05) is 48.5 Å². The Hall–Kier alpha value is -4.18. The van der Waals surface area contributed by atoms with E-state index in [0.717, 1.165) is 26.9 Å². The van der Waals surface area contributed by atoms with Crippen molar-refractivity contribution in [1.82, 2.24) is 20.2 Å². The third-order valence-electron chi connectivity index (χ3n) is 6.78. The van der Waals surface area contributed by atoms with Gasteiger partial charge in [0.25, 0.3) is 5.91 Å². The number of H-pyrrole nitrogens is 1. The Kier molecular flexibility index (Phi) is 8.12. The van der Waals surface area contributed by atoms with Gasteiger partial charge in [-0.1, -0.05) is 42.5 Å². The van der Waals surface area contributed by atoms with Crippen LogP contribution in [0.15, 0.2) is 77.4 Å². The van der Waals surface area contributed by atoms with Gasteiger partial charge in [0.05, 0.1) is 11.0 Å². The molecule has 2 aromatic carbocycles. The van der Waals surface area contributed by atoms with Crippen LogP contribution in [0.5, 0.6) is 0 Å². The second kappa shape index (κ2) is 11.7. The van der Waals surface area contributed by atoms with Gasteiger partial charge in [0, 0.05) is 17.9 Å². The van der Waals surface area contributed by atoms with Crippen LogP contribution in [0.1, 0.15) is 45.2 Å². The molecule has 9 nitrogen and oxygen atoms in total. The summed E-state index contributed by atoms with van der Waals surface area (Å²) in [5, 5.41) is 5.67. The molecule has 2 atom stereocenters. The highest BCUT2D eigenvalue weighted by molar-refractivity contribution is 9.10. The summed E-state index contributed by atoms with van der Waals surface area (Å²) in [4.78, 5) is 49.1. The molecule has 4 aromatic rings.